The first-order valence-corrected chi connectivity index (χ1v) is 8.41. The van der Waals surface area contributed by atoms with Gasteiger partial charge >= 0.3 is 23.9 Å². The van der Waals surface area contributed by atoms with E-state index in [1.807, 2.05) is 0 Å². The Bertz CT molecular complexity index is 878. The Morgan fingerprint density at radius 3 is 1.72 bits per heavy atom. The Kier molecular flexibility index (Phi) is 9.55. The number of carboxylic acids is 1. The van der Waals surface area contributed by atoms with Crippen molar-refractivity contribution in [1.29, 1.82) is 0 Å². The van der Waals surface area contributed by atoms with E-state index in [0.29, 0.717) is 0 Å². The Hall–Kier alpha value is -3.72. The summed E-state index contributed by atoms with van der Waals surface area (Å²) in [5.41, 5.74) is 5.41. The summed E-state index contributed by atoms with van der Waals surface area (Å²) >= 11 is 0. The number of benzene rings is 2. The third-order valence-corrected chi connectivity index (χ3v) is 3.08. The largest absolute Gasteiger partial charge is 0.478 e. The summed E-state index contributed by atoms with van der Waals surface area (Å²) in [5, 5.41) is 8.69. The predicted molar refractivity (Wildman–Crippen MR) is 102 cm³/mol. The van der Waals surface area contributed by atoms with Gasteiger partial charge in [-0.3, -0.25) is 9.59 Å². The van der Waals surface area contributed by atoms with Gasteiger partial charge in [-0.1, -0.05) is 24.3 Å². The summed E-state index contributed by atoms with van der Waals surface area (Å²) in [6.45, 7) is 2.87. The number of nitrogens with two attached hydrogens (primary N) is 1. The topological polar surface area (TPSA) is 142 Å². The average Bonchev–Trinajstić information content (AvgIpc) is 2.66. The molecule has 9 nitrogen and oxygen atoms in total. The van der Waals surface area contributed by atoms with Crippen LogP contribution < -0.4 is 15.2 Å². The zero-order valence-corrected chi connectivity index (χ0v) is 15.9. The van der Waals surface area contributed by atoms with Gasteiger partial charge in [-0.2, -0.15) is 0 Å². The fourth-order valence-corrected chi connectivity index (χ4v) is 2.00. The third-order valence-electron chi connectivity index (χ3n) is 3.08. The molecule has 0 atom stereocenters. The summed E-state index contributed by atoms with van der Waals surface area (Å²) in [7, 11) is 0. The average molecular weight is 403 g/mol. The van der Waals surface area contributed by atoms with Crippen molar-refractivity contribution >= 4 is 23.9 Å². The highest BCUT2D eigenvalue weighted by Gasteiger charge is 2.14. The van der Waals surface area contributed by atoms with E-state index in [1.54, 1.807) is 24.3 Å². The Balaban J connectivity index is 0.000000296. The second kappa shape index (κ2) is 11.9. The number of ether oxygens (including phenoxy) is 3. The van der Waals surface area contributed by atoms with Gasteiger partial charge in [-0.05, 0) is 24.3 Å². The van der Waals surface area contributed by atoms with Crippen LogP contribution in [-0.4, -0.2) is 42.1 Å². The summed E-state index contributed by atoms with van der Waals surface area (Å²) in [5.74, 6) is -2.42. The normalized spacial score (nSPS) is 9.48. The molecule has 154 valence electrons. The van der Waals surface area contributed by atoms with E-state index in [9.17, 15) is 19.2 Å². The van der Waals surface area contributed by atoms with Gasteiger partial charge in [0, 0.05) is 20.4 Å². The van der Waals surface area contributed by atoms with Gasteiger partial charge in [0.1, 0.15) is 29.2 Å². The molecule has 9 heteroatoms. The standard InChI is InChI=1S/C11H13NO4.C9H8O4/c1-8(13)16-10-5-3-2-4-9(10)11(14)15-7-6-12;1-6(10)13-8-5-3-2-4-7(8)9(11)12/h2-5H,6-7,12H2,1H3;2-5H,1H3,(H,11,12). The molecule has 3 N–H and O–H groups in total. The van der Waals surface area contributed by atoms with Crippen LogP contribution in [0.4, 0.5) is 0 Å². The number of hydrogen-bond acceptors (Lipinski definition) is 8. The van der Waals surface area contributed by atoms with Crippen molar-refractivity contribution in [3.63, 3.8) is 0 Å². The second-order valence-corrected chi connectivity index (χ2v) is 5.41. The van der Waals surface area contributed by atoms with Crippen LogP contribution in [0.25, 0.3) is 0 Å². The summed E-state index contributed by atoms with van der Waals surface area (Å²) in [6, 6.07) is 12.4. The van der Waals surface area contributed by atoms with Crippen LogP contribution in [0.15, 0.2) is 48.5 Å². The number of hydrogen-bond donors (Lipinski definition) is 2. The molecule has 0 aromatic heterocycles. The number of rotatable bonds is 6. The minimum atomic E-state index is -1.11. The van der Waals surface area contributed by atoms with E-state index >= 15 is 0 Å². The van der Waals surface area contributed by atoms with E-state index in [2.05, 4.69) is 4.74 Å². The molecule has 0 amide bonds. The minimum absolute atomic E-state index is 0.0160. The van der Waals surface area contributed by atoms with Gasteiger partial charge in [0.2, 0.25) is 0 Å². The lowest BCUT2D eigenvalue weighted by atomic mass is 10.2. The maximum absolute atomic E-state index is 11.5. The maximum Gasteiger partial charge on any atom is 0.341 e. The van der Waals surface area contributed by atoms with Crippen molar-refractivity contribution in [3.8, 4) is 11.5 Å². The lowest BCUT2D eigenvalue weighted by Crippen LogP contribution is -2.15. The number of carbonyl (C=O) groups excluding carboxylic acids is 3. The molecule has 0 aliphatic heterocycles. The van der Waals surface area contributed by atoms with Gasteiger partial charge in [-0.25, -0.2) is 9.59 Å². The molecular formula is C20H21NO8. The Labute approximate surface area is 167 Å². The number of para-hydroxylation sites is 2. The summed E-state index contributed by atoms with van der Waals surface area (Å²) in [4.78, 5) is 43.5. The first-order chi connectivity index (χ1) is 13.8. The van der Waals surface area contributed by atoms with Crippen LogP contribution >= 0.6 is 0 Å². The molecule has 0 bridgehead atoms. The van der Waals surface area contributed by atoms with Crippen molar-refractivity contribution in [2.75, 3.05) is 13.2 Å². The molecule has 0 saturated carbocycles. The van der Waals surface area contributed by atoms with Crippen LogP contribution in [0.2, 0.25) is 0 Å². The van der Waals surface area contributed by atoms with Crippen molar-refractivity contribution < 1.29 is 38.5 Å². The number of aromatic carboxylic acids is 1. The van der Waals surface area contributed by atoms with Gasteiger partial charge in [0.25, 0.3) is 0 Å². The molecular weight excluding hydrogens is 382 g/mol. The molecule has 2 aromatic rings. The lowest BCUT2D eigenvalue weighted by molar-refractivity contribution is -0.132. The van der Waals surface area contributed by atoms with Crippen LogP contribution in [0.5, 0.6) is 11.5 Å². The monoisotopic (exact) mass is 403 g/mol. The van der Waals surface area contributed by atoms with Gasteiger partial charge in [-0.15, -0.1) is 0 Å². The first kappa shape index (κ1) is 23.3. The number of carbonyl (C=O) groups is 4. The van der Waals surface area contributed by atoms with Crippen LogP contribution in [0, 0.1) is 0 Å². The Morgan fingerprint density at radius 1 is 0.828 bits per heavy atom. The minimum Gasteiger partial charge on any atom is -0.478 e. The van der Waals surface area contributed by atoms with E-state index in [-0.39, 0.29) is 35.8 Å². The van der Waals surface area contributed by atoms with Crippen LogP contribution in [-0.2, 0) is 14.3 Å². The van der Waals surface area contributed by atoms with Gasteiger partial charge < -0.3 is 25.1 Å². The fourth-order valence-electron chi connectivity index (χ4n) is 2.00. The SMILES string of the molecule is CC(=O)Oc1ccccc1C(=O)O.CC(=O)Oc1ccccc1C(=O)OCCN. The summed E-state index contributed by atoms with van der Waals surface area (Å²) in [6.07, 6.45) is 0. The summed E-state index contributed by atoms with van der Waals surface area (Å²) < 4.78 is 14.4. The van der Waals surface area contributed by atoms with Crippen molar-refractivity contribution in [1.82, 2.24) is 0 Å². The van der Waals surface area contributed by atoms with Gasteiger partial charge in [0.15, 0.2) is 0 Å². The van der Waals surface area contributed by atoms with Crippen molar-refractivity contribution in [2.45, 2.75) is 13.8 Å². The van der Waals surface area contributed by atoms with Crippen LogP contribution in [0.1, 0.15) is 34.6 Å². The van der Waals surface area contributed by atoms with Crippen molar-refractivity contribution in [2.24, 2.45) is 5.73 Å². The molecule has 2 rings (SSSR count). The zero-order valence-electron chi connectivity index (χ0n) is 15.9. The molecule has 29 heavy (non-hydrogen) atoms. The fraction of sp³-hybridized carbons (Fsp3) is 0.200. The molecule has 2 aromatic carbocycles. The smallest absolute Gasteiger partial charge is 0.341 e. The lowest BCUT2D eigenvalue weighted by Gasteiger charge is -2.07. The zero-order chi connectivity index (χ0) is 21.8. The molecule has 0 aliphatic carbocycles. The molecule has 0 unspecified atom stereocenters. The van der Waals surface area contributed by atoms with E-state index in [1.165, 1.54) is 38.1 Å². The molecule has 0 spiro atoms. The Morgan fingerprint density at radius 2 is 1.28 bits per heavy atom. The molecule has 0 aliphatic rings. The molecule has 0 radical (unpaired) electrons. The van der Waals surface area contributed by atoms with E-state index in [4.69, 9.17) is 20.3 Å². The third kappa shape index (κ3) is 8.22. The highest BCUT2D eigenvalue weighted by atomic mass is 16.5. The quantitative estimate of drug-likeness (QED) is 0.547. The molecule has 0 saturated heterocycles. The second-order valence-electron chi connectivity index (χ2n) is 5.41. The highest BCUT2D eigenvalue weighted by Crippen LogP contribution is 2.19. The van der Waals surface area contributed by atoms with E-state index in [0.717, 1.165) is 0 Å². The predicted octanol–water partition coefficient (Wildman–Crippen LogP) is 2.04. The maximum atomic E-state index is 11.5. The first-order valence-electron chi connectivity index (χ1n) is 8.41. The highest BCUT2D eigenvalue weighted by molar-refractivity contribution is 5.93. The number of carboxylic acid groups (broad SMARTS) is 1. The molecule has 0 heterocycles. The molecule has 0 fully saturated rings. The van der Waals surface area contributed by atoms with E-state index < -0.39 is 23.9 Å². The van der Waals surface area contributed by atoms with Crippen molar-refractivity contribution in [3.05, 3.63) is 59.7 Å². The number of esters is 3. The van der Waals surface area contributed by atoms with Gasteiger partial charge in [0.05, 0.1) is 0 Å². The van der Waals surface area contributed by atoms with Crippen LogP contribution in [0.3, 0.4) is 0 Å².